The highest BCUT2D eigenvalue weighted by molar-refractivity contribution is 5.91. The lowest BCUT2D eigenvalue weighted by atomic mass is 9.71. The third kappa shape index (κ3) is 5.75. The number of nitrogens with zero attached hydrogens (tertiary/aromatic N) is 1. The Hall–Kier alpha value is -1.07. The molecule has 3 atom stereocenters. The summed E-state index contributed by atoms with van der Waals surface area (Å²) in [5, 5.41) is 9.41. The van der Waals surface area contributed by atoms with Crippen molar-refractivity contribution in [2.75, 3.05) is 20.3 Å². The van der Waals surface area contributed by atoms with E-state index >= 15 is 0 Å². The summed E-state index contributed by atoms with van der Waals surface area (Å²) in [7, 11) is 1.94. The van der Waals surface area contributed by atoms with Crippen molar-refractivity contribution in [1.29, 1.82) is 0 Å². The Morgan fingerprint density at radius 2 is 1.79 bits per heavy atom. The lowest BCUT2D eigenvalue weighted by molar-refractivity contribution is -0.180. The predicted octanol–water partition coefficient (Wildman–Crippen LogP) is 4.64. The molecule has 0 bridgehead atoms. The minimum atomic E-state index is -0.387. The number of likely N-dealkylation sites (N-methyl/N-ethyl adjacent to an activating group) is 1. The number of carbonyl (C=O) groups is 1. The van der Waals surface area contributed by atoms with Crippen LogP contribution in [0, 0.1) is 17.8 Å². The minimum absolute atomic E-state index is 0.0167. The van der Waals surface area contributed by atoms with Crippen molar-refractivity contribution in [1.82, 2.24) is 4.90 Å². The van der Waals surface area contributed by atoms with Crippen LogP contribution in [-0.4, -0.2) is 48.5 Å². The topological polar surface area (TPSA) is 59.0 Å². The second kappa shape index (κ2) is 11.4. The Kier molecular flexibility index (Phi) is 8.85. The number of carbonyl (C=O) groups excluding carboxylic acids is 1. The first kappa shape index (κ1) is 22.6. The van der Waals surface area contributed by atoms with E-state index in [0.29, 0.717) is 30.2 Å². The normalized spacial score (nSPS) is 29.2. The van der Waals surface area contributed by atoms with Crippen molar-refractivity contribution in [3.63, 3.8) is 0 Å². The molecular weight excluding hydrogens is 366 g/mol. The standard InChI is InChI=1S/C24H41NO4/c1-3-28-24-20(15-10-16-26)21(18-11-6-4-7-12-18)17-22(29-24)23(27)25(2)19-13-8-5-9-14-19/h17-21,24,26H,3-16H2,1-2H3/t20-,21+,24+/m0/s1. The predicted molar refractivity (Wildman–Crippen MR) is 114 cm³/mol. The van der Waals surface area contributed by atoms with Crippen LogP contribution in [0.1, 0.15) is 84.0 Å². The Balaban J connectivity index is 1.82. The van der Waals surface area contributed by atoms with Gasteiger partial charge in [0.25, 0.3) is 5.91 Å². The second-order valence-electron chi connectivity index (χ2n) is 9.19. The largest absolute Gasteiger partial charge is 0.459 e. The van der Waals surface area contributed by atoms with Gasteiger partial charge in [0.1, 0.15) is 0 Å². The molecule has 1 heterocycles. The maximum absolute atomic E-state index is 13.3. The van der Waals surface area contributed by atoms with Crippen molar-refractivity contribution in [3.8, 4) is 0 Å². The minimum Gasteiger partial charge on any atom is -0.459 e. The van der Waals surface area contributed by atoms with Crippen molar-refractivity contribution >= 4 is 5.91 Å². The molecule has 0 spiro atoms. The summed E-state index contributed by atoms with van der Waals surface area (Å²) in [6.45, 7) is 2.74. The average Bonchev–Trinajstić information content (AvgIpc) is 2.78. The van der Waals surface area contributed by atoms with E-state index in [2.05, 4.69) is 6.08 Å². The number of ether oxygens (including phenoxy) is 2. The van der Waals surface area contributed by atoms with E-state index < -0.39 is 0 Å². The van der Waals surface area contributed by atoms with Gasteiger partial charge in [0.15, 0.2) is 5.76 Å². The highest BCUT2D eigenvalue weighted by Crippen LogP contribution is 2.42. The van der Waals surface area contributed by atoms with Gasteiger partial charge >= 0.3 is 0 Å². The summed E-state index contributed by atoms with van der Waals surface area (Å²) >= 11 is 0. The Labute approximate surface area is 176 Å². The molecule has 0 aromatic rings. The quantitative estimate of drug-likeness (QED) is 0.637. The molecule has 3 rings (SSSR count). The average molecular weight is 408 g/mol. The highest BCUT2D eigenvalue weighted by atomic mass is 16.7. The van der Waals surface area contributed by atoms with Gasteiger partial charge in [-0.1, -0.05) is 38.5 Å². The molecule has 5 nitrogen and oxygen atoms in total. The molecule has 0 radical (unpaired) electrons. The van der Waals surface area contributed by atoms with Gasteiger partial charge in [-0.15, -0.1) is 0 Å². The van der Waals surface area contributed by atoms with E-state index in [4.69, 9.17) is 9.47 Å². The molecule has 1 amide bonds. The summed E-state index contributed by atoms with van der Waals surface area (Å²) in [6.07, 6.45) is 15.5. The van der Waals surface area contributed by atoms with Gasteiger partial charge in [0.05, 0.1) is 0 Å². The van der Waals surface area contributed by atoms with E-state index in [1.54, 1.807) is 0 Å². The molecule has 0 aromatic heterocycles. The second-order valence-corrected chi connectivity index (χ2v) is 9.19. The van der Waals surface area contributed by atoms with Gasteiger partial charge in [0, 0.05) is 32.2 Å². The number of hydrogen-bond donors (Lipinski definition) is 1. The molecule has 1 N–H and O–H groups in total. The van der Waals surface area contributed by atoms with Gasteiger partial charge < -0.3 is 19.5 Å². The molecule has 2 fully saturated rings. The fourth-order valence-corrected chi connectivity index (χ4v) is 5.64. The first-order chi connectivity index (χ1) is 14.2. The zero-order valence-electron chi connectivity index (χ0n) is 18.5. The number of aliphatic hydroxyl groups is 1. The number of allylic oxidation sites excluding steroid dienone is 1. The zero-order valence-corrected chi connectivity index (χ0v) is 18.5. The molecule has 2 saturated carbocycles. The molecule has 0 unspecified atom stereocenters. The summed E-state index contributed by atoms with van der Waals surface area (Å²) in [6, 6.07) is 0.325. The van der Waals surface area contributed by atoms with Crippen LogP contribution in [0.4, 0.5) is 0 Å². The number of hydrogen-bond acceptors (Lipinski definition) is 4. The molecule has 29 heavy (non-hydrogen) atoms. The van der Waals surface area contributed by atoms with Gasteiger partial charge in [-0.25, -0.2) is 0 Å². The van der Waals surface area contributed by atoms with Gasteiger partial charge in [-0.3, -0.25) is 4.79 Å². The molecule has 0 aromatic carbocycles. The molecule has 2 aliphatic carbocycles. The molecule has 1 aliphatic heterocycles. The third-order valence-corrected chi connectivity index (χ3v) is 7.31. The van der Waals surface area contributed by atoms with Gasteiger partial charge in [0.2, 0.25) is 6.29 Å². The number of rotatable bonds is 8. The lowest BCUT2D eigenvalue weighted by Crippen LogP contribution is -2.45. The number of amides is 1. The van der Waals surface area contributed by atoms with Crippen molar-refractivity contribution in [3.05, 3.63) is 11.8 Å². The van der Waals surface area contributed by atoms with Gasteiger partial charge in [-0.05, 0) is 63.4 Å². The maximum atomic E-state index is 13.3. The van der Waals surface area contributed by atoms with E-state index in [-0.39, 0.29) is 24.7 Å². The number of aliphatic hydroxyl groups excluding tert-OH is 1. The van der Waals surface area contributed by atoms with Gasteiger partial charge in [-0.2, -0.15) is 0 Å². The molecule has 5 heteroatoms. The van der Waals surface area contributed by atoms with Crippen LogP contribution in [0.25, 0.3) is 0 Å². The van der Waals surface area contributed by atoms with E-state index in [0.717, 1.165) is 25.7 Å². The molecule has 0 saturated heterocycles. The summed E-state index contributed by atoms with van der Waals surface area (Å²) in [5.41, 5.74) is 0. The van der Waals surface area contributed by atoms with Crippen LogP contribution >= 0.6 is 0 Å². The fraction of sp³-hybridized carbons (Fsp3) is 0.875. The van der Waals surface area contributed by atoms with Crippen LogP contribution in [-0.2, 0) is 14.3 Å². The summed E-state index contributed by atoms with van der Waals surface area (Å²) in [5.74, 6) is 1.60. The van der Waals surface area contributed by atoms with E-state index in [1.807, 2.05) is 18.9 Å². The first-order valence-electron chi connectivity index (χ1n) is 12.0. The fourth-order valence-electron chi connectivity index (χ4n) is 5.64. The van der Waals surface area contributed by atoms with E-state index in [1.165, 1.54) is 51.4 Å². The van der Waals surface area contributed by atoms with Crippen LogP contribution in [0.2, 0.25) is 0 Å². The first-order valence-corrected chi connectivity index (χ1v) is 12.0. The molecular formula is C24H41NO4. The Morgan fingerprint density at radius 1 is 1.14 bits per heavy atom. The third-order valence-electron chi connectivity index (χ3n) is 7.31. The summed E-state index contributed by atoms with van der Waals surface area (Å²) in [4.78, 5) is 15.2. The van der Waals surface area contributed by atoms with Crippen molar-refractivity contribution < 1.29 is 19.4 Å². The van der Waals surface area contributed by atoms with Crippen LogP contribution in [0.3, 0.4) is 0 Å². The SMILES string of the molecule is CCO[C@@H]1OC(C(=O)N(C)C2CCCCC2)=C[C@H](C2CCCCC2)[C@@H]1CCCO. The lowest BCUT2D eigenvalue weighted by Gasteiger charge is -2.42. The highest BCUT2D eigenvalue weighted by Gasteiger charge is 2.41. The Bertz CT molecular complexity index is 537. The maximum Gasteiger partial charge on any atom is 0.288 e. The van der Waals surface area contributed by atoms with E-state index in [9.17, 15) is 9.90 Å². The molecule has 166 valence electrons. The Morgan fingerprint density at radius 3 is 2.41 bits per heavy atom. The summed E-state index contributed by atoms with van der Waals surface area (Å²) < 4.78 is 12.2. The molecule has 3 aliphatic rings. The monoisotopic (exact) mass is 407 g/mol. The van der Waals surface area contributed by atoms with Crippen molar-refractivity contribution in [2.45, 2.75) is 96.3 Å². The zero-order chi connectivity index (χ0) is 20.6. The van der Waals surface area contributed by atoms with Crippen molar-refractivity contribution in [2.24, 2.45) is 17.8 Å². The van der Waals surface area contributed by atoms with Crippen LogP contribution in [0.15, 0.2) is 11.8 Å². The van der Waals surface area contributed by atoms with Crippen LogP contribution < -0.4 is 0 Å². The smallest absolute Gasteiger partial charge is 0.288 e. The van der Waals surface area contributed by atoms with Crippen LogP contribution in [0.5, 0.6) is 0 Å².